The van der Waals surface area contributed by atoms with Gasteiger partial charge >= 0.3 is 0 Å². The van der Waals surface area contributed by atoms with Crippen LogP contribution in [0.15, 0.2) is 143 Å². The molecule has 6 aromatic heterocycles. The number of phenols is 2. The quantitative estimate of drug-likeness (QED) is 0.101. The Balaban J connectivity index is 0.826. The molecule has 0 unspecified atom stereocenters. The van der Waals surface area contributed by atoms with Crippen LogP contribution >= 0.6 is 68.0 Å². The summed E-state index contributed by atoms with van der Waals surface area (Å²) in [5.41, 5.74) is 5.98. The average Bonchev–Trinajstić information content (AvgIpc) is 4.11. The molecule has 0 bridgehead atoms. The highest BCUT2D eigenvalue weighted by Gasteiger charge is 2.19. The molecule has 10 aromatic rings. The van der Waals surface area contributed by atoms with Crippen LogP contribution in [0.1, 0.15) is 22.3 Å². The molecule has 0 spiro atoms. The van der Waals surface area contributed by atoms with Gasteiger partial charge in [0.15, 0.2) is 0 Å². The molecule has 0 atom stereocenters. The van der Waals surface area contributed by atoms with Crippen LogP contribution in [0, 0.1) is 0 Å². The second-order valence-electron chi connectivity index (χ2n) is 14.5. The molecule has 10 rings (SSSR count). The Morgan fingerprint density at radius 2 is 0.833 bits per heavy atom. The maximum Gasteiger partial charge on any atom is 0.124 e. The molecule has 0 aliphatic heterocycles. The van der Waals surface area contributed by atoms with E-state index in [0.29, 0.717) is 37.6 Å². The molecule has 0 radical (unpaired) electrons. The van der Waals surface area contributed by atoms with E-state index in [0.717, 1.165) is 45.5 Å². The SMILES string of the molecule is Oc1ccc2cc(COCCc3cc(-c4cccs4)sc3-c3cccs3)ccc2c1-c1c(O)ccc2cc(COCCc3cc(-c4cccs4)sc3-c3cccs3)ccc12. The highest BCUT2D eigenvalue weighted by Crippen LogP contribution is 2.46. The first kappa shape index (κ1) is 39.3. The van der Waals surface area contributed by atoms with Gasteiger partial charge in [-0.2, -0.15) is 0 Å². The first-order chi connectivity index (χ1) is 29.6. The van der Waals surface area contributed by atoms with Gasteiger partial charge in [-0.15, -0.1) is 68.0 Å². The van der Waals surface area contributed by atoms with Crippen LogP contribution in [0.25, 0.3) is 71.7 Å². The van der Waals surface area contributed by atoms with Crippen LogP contribution in [0.2, 0.25) is 0 Å². The van der Waals surface area contributed by atoms with Crippen LogP contribution in [0.3, 0.4) is 0 Å². The lowest BCUT2D eigenvalue weighted by Crippen LogP contribution is -1.99. The fourth-order valence-corrected chi connectivity index (χ4v) is 13.6. The summed E-state index contributed by atoms with van der Waals surface area (Å²) >= 11 is 10.8. The van der Waals surface area contributed by atoms with Crippen LogP contribution < -0.4 is 0 Å². The number of thiophene rings is 6. The smallest absolute Gasteiger partial charge is 0.124 e. The van der Waals surface area contributed by atoms with Crippen molar-refractivity contribution in [3.05, 3.63) is 165 Å². The summed E-state index contributed by atoms with van der Waals surface area (Å²) in [5.74, 6) is 0.247. The standard InChI is InChI=1S/C50H38O4S6/c51-39-15-11-33-25-31(29-53-19-17-35-27-45(41-5-1-21-55-41)59-49(35)43-7-3-23-57-43)9-13-37(33)47(39)48-38-14-10-32(26-34(38)12-16-40(48)52)30-54-20-18-36-28-46(42-6-2-22-56-42)60-50(36)44-8-4-24-58-44/h1-16,21-28,51-52H,17-20,29-30H2. The molecule has 0 aliphatic rings. The van der Waals surface area contributed by atoms with E-state index in [9.17, 15) is 10.2 Å². The minimum absolute atomic E-state index is 0.124. The Bertz CT molecular complexity index is 2800. The molecule has 0 fully saturated rings. The van der Waals surface area contributed by atoms with Gasteiger partial charge in [-0.1, -0.05) is 60.7 Å². The number of fused-ring (bicyclic) bond motifs is 2. The number of phenolic OH excluding ortho intramolecular Hbond substituents is 2. The Morgan fingerprint density at radius 1 is 0.417 bits per heavy atom. The molecular weight excluding hydrogens is 857 g/mol. The normalized spacial score (nSPS) is 11.7. The maximum absolute atomic E-state index is 11.3. The lowest BCUT2D eigenvalue weighted by atomic mass is 9.91. The van der Waals surface area contributed by atoms with E-state index < -0.39 is 0 Å². The molecule has 298 valence electrons. The minimum Gasteiger partial charge on any atom is -0.507 e. The molecule has 0 saturated carbocycles. The number of ether oxygens (including phenoxy) is 2. The third-order valence-electron chi connectivity index (χ3n) is 10.6. The topological polar surface area (TPSA) is 58.9 Å². The van der Waals surface area contributed by atoms with Gasteiger partial charge in [0, 0.05) is 50.1 Å². The maximum atomic E-state index is 11.3. The highest BCUT2D eigenvalue weighted by atomic mass is 32.1. The van der Waals surface area contributed by atoms with Gasteiger partial charge < -0.3 is 19.7 Å². The van der Waals surface area contributed by atoms with Crippen LogP contribution in [-0.2, 0) is 35.5 Å². The molecule has 0 amide bonds. The number of benzene rings is 4. The molecule has 0 saturated heterocycles. The van der Waals surface area contributed by atoms with Crippen LogP contribution in [-0.4, -0.2) is 23.4 Å². The molecule has 60 heavy (non-hydrogen) atoms. The second-order valence-corrected chi connectivity index (χ2v) is 20.4. The Kier molecular flexibility index (Phi) is 11.5. The predicted octanol–water partition coefficient (Wildman–Crippen LogP) is 15.6. The van der Waals surface area contributed by atoms with E-state index in [-0.39, 0.29) is 11.5 Å². The van der Waals surface area contributed by atoms with Crippen molar-refractivity contribution in [1.82, 2.24) is 0 Å². The van der Waals surface area contributed by atoms with Crippen molar-refractivity contribution >= 4 is 89.6 Å². The zero-order chi connectivity index (χ0) is 40.4. The first-order valence-corrected chi connectivity index (χ1v) is 24.8. The number of hydrogen-bond acceptors (Lipinski definition) is 10. The lowest BCUT2D eigenvalue weighted by Gasteiger charge is -2.15. The van der Waals surface area contributed by atoms with E-state index in [4.69, 9.17) is 9.47 Å². The number of hydrogen-bond donors (Lipinski definition) is 2. The van der Waals surface area contributed by atoms with E-state index in [1.54, 1.807) is 57.5 Å². The van der Waals surface area contributed by atoms with Crippen molar-refractivity contribution in [3.63, 3.8) is 0 Å². The summed E-state index contributed by atoms with van der Waals surface area (Å²) in [6.45, 7) is 2.17. The Hall–Kier alpha value is -4.88. The van der Waals surface area contributed by atoms with Gasteiger partial charge in [0.1, 0.15) is 11.5 Å². The molecule has 6 heterocycles. The first-order valence-electron chi connectivity index (χ1n) is 19.6. The van der Waals surface area contributed by atoms with Crippen molar-refractivity contribution in [2.45, 2.75) is 26.1 Å². The van der Waals surface area contributed by atoms with E-state index in [1.165, 1.54) is 50.1 Å². The summed E-state index contributed by atoms with van der Waals surface area (Å²) in [4.78, 5) is 10.4. The summed E-state index contributed by atoms with van der Waals surface area (Å²) in [5, 5.41) is 34.9. The van der Waals surface area contributed by atoms with Crippen molar-refractivity contribution in [1.29, 1.82) is 0 Å². The van der Waals surface area contributed by atoms with Crippen molar-refractivity contribution < 1.29 is 19.7 Å². The van der Waals surface area contributed by atoms with Crippen molar-refractivity contribution in [3.8, 4) is 61.6 Å². The highest BCUT2D eigenvalue weighted by molar-refractivity contribution is 7.26. The van der Waals surface area contributed by atoms with Gasteiger partial charge in [-0.05, 0) is 139 Å². The molecule has 2 N–H and O–H groups in total. The lowest BCUT2D eigenvalue weighted by molar-refractivity contribution is 0.124. The van der Waals surface area contributed by atoms with Crippen molar-refractivity contribution in [2.75, 3.05) is 13.2 Å². The summed E-state index contributed by atoms with van der Waals surface area (Å²) in [6, 6.07) is 41.6. The molecular formula is C50H38O4S6. The van der Waals surface area contributed by atoms with Crippen LogP contribution in [0.4, 0.5) is 0 Å². The summed E-state index contributed by atoms with van der Waals surface area (Å²) < 4.78 is 12.6. The van der Waals surface area contributed by atoms with Gasteiger partial charge in [-0.3, -0.25) is 0 Å². The zero-order valence-electron chi connectivity index (χ0n) is 32.3. The van der Waals surface area contributed by atoms with Gasteiger partial charge in [0.05, 0.1) is 26.4 Å². The summed E-state index contributed by atoms with van der Waals surface area (Å²) in [6.07, 6.45) is 1.66. The Morgan fingerprint density at radius 3 is 1.23 bits per heavy atom. The average molecular weight is 895 g/mol. The molecule has 0 aliphatic carbocycles. The number of aromatic hydroxyl groups is 2. The van der Waals surface area contributed by atoms with Crippen LogP contribution in [0.5, 0.6) is 11.5 Å². The monoisotopic (exact) mass is 894 g/mol. The van der Waals surface area contributed by atoms with E-state index in [2.05, 4.69) is 106 Å². The van der Waals surface area contributed by atoms with Crippen molar-refractivity contribution in [2.24, 2.45) is 0 Å². The minimum atomic E-state index is 0.124. The van der Waals surface area contributed by atoms with Gasteiger partial charge in [-0.25, -0.2) is 0 Å². The molecule has 4 nitrogen and oxygen atoms in total. The zero-order valence-corrected chi connectivity index (χ0v) is 37.2. The third kappa shape index (κ3) is 8.14. The number of rotatable bonds is 15. The third-order valence-corrected chi connectivity index (χ3v) is 17.2. The molecule has 10 heteroatoms. The predicted molar refractivity (Wildman–Crippen MR) is 259 cm³/mol. The van der Waals surface area contributed by atoms with Gasteiger partial charge in [0.2, 0.25) is 0 Å². The van der Waals surface area contributed by atoms with E-state index >= 15 is 0 Å². The largest absolute Gasteiger partial charge is 0.507 e. The van der Waals surface area contributed by atoms with E-state index in [1.807, 2.05) is 46.9 Å². The molecule has 4 aromatic carbocycles. The summed E-state index contributed by atoms with van der Waals surface area (Å²) in [7, 11) is 0. The fraction of sp³-hybridized carbons (Fsp3) is 0.120. The Labute approximate surface area is 372 Å². The van der Waals surface area contributed by atoms with Gasteiger partial charge in [0.25, 0.3) is 0 Å². The fourth-order valence-electron chi connectivity index (χ4n) is 7.73. The second kappa shape index (κ2) is 17.6.